The maximum atomic E-state index is 6.20. The van der Waals surface area contributed by atoms with E-state index in [0.717, 1.165) is 16.2 Å². The number of fused-ring (bicyclic) bond motifs is 1. The molecule has 2 nitrogen and oxygen atoms in total. The summed E-state index contributed by atoms with van der Waals surface area (Å²) in [6, 6.07) is 15.8. The monoisotopic (exact) mass is 300 g/mol. The highest BCUT2D eigenvalue weighted by Crippen LogP contribution is 2.32. The van der Waals surface area contributed by atoms with Gasteiger partial charge >= 0.3 is 0 Å². The van der Waals surface area contributed by atoms with Crippen molar-refractivity contribution in [3.05, 3.63) is 65.3 Å². The Morgan fingerprint density at radius 3 is 2.80 bits per heavy atom. The summed E-state index contributed by atoms with van der Waals surface area (Å²) in [5.74, 6) is 0.854. The lowest BCUT2D eigenvalue weighted by atomic mass is 10.1. The molecule has 4 heteroatoms. The van der Waals surface area contributed by atoms with Crippen molar-refractivity contribution in [2.75, 3.05) is 5.73 Å². The Balaban J connectivity index is 1.87. The summed E-state index contributed by atoms with van der Waals surface area (Å²) in [5, 5.41) is 1.89. The van der Waals surface area contributed by atoms with Gasteiger partial charge in [0, 0.05) is 27.9 Å². The van der Waals surface area contributed by atoms with Crippen LogP contribution in [0.4, 0.5) is 5.69 Å². The van der Waals surface area contributed by atoms with E-state index < -0.39 is 0 Å². The van der Waals surface area contributed by atoms with Crippen LogP contribution in [0.15, 0.2) is 59.6 Å². The molecule has 0 aliphatic carbocycles. The SMILES string of the molecule is Nc1ccc(SCc2ccnc3ccccc23)c(Cl)c1. The van der Waals surface area contributed by atoms with Crippen molar-refractivity contribution in [2.45, 2.75) is 10.6 Å². The number of rotatable bonds is 3. The zero-order valence-electron chi connectivity index (χ0n) is 10.7. The predicted molar refractivity (Wildman–Crippen MR) is 87.2 cm³/mol. The Morgan fingerprint density at radius 1 is 1.10 bits per heavy atom. The zero-order chi connectivity index (χ0) is 13.9. The van der Waals surface area contributed by atoms with Crippen molar-refractivity contribution in [2.24, 2.45) is 0 Å². The molecular weight excluding hydrogens is 288 g/mol. The average Bonchev–Trinajstić information content (AvgIpc) is 2.46. The van der Waals surface area contributed by atoms with E-state index in [9.17, 15) is 0 Å². The van der Waals surface area contributed by atoms with Gasteiger partial charge in [-0.15, -0.1) is 11.8 Å². The first-order valence-electron chi connectivity index (χ1n) is 6.24. The molecule has 0 radical (unpaired) electrons. The largest absolute Gasteiger partial charge is 0.399 e. The van der Waals surface area contributed by atoms with Crippen molar-refractivity contribution in [1.29, 1.82) is 0 Å². The van der Waals surface area contributed by atoms with E-state index >= 15 is 0 Å². The molecule has 100 valence electrons. The maximum Gasteiger partial charge on any atom is 0.0705 e. The van der Waals surface area contributed by atoms with Crippen LogP contribution in [0.3, 0.4) is 0 Å². The van der Waals surface area contributed by atoms with Gasteiger partial charge in [-0.25, -0.2) is 0 Å². The van der Waals surface area contributed by atoms with Gasteiger partial charge in [0.1, 0.15) is 0 Å². The summed E-state index contributed by atoms with van der Waals surface area (Å²) in [6.45, 7) is 0. The molecule has 0 unspecified atom stereocenters. The first-order valence-corrected chi connectivity index (χ1v) is 7.61. The molecule has 20 heavy (non-hydrogen) atoms. The Hall–Kier alpha value is -1.71. The molecule has 0 saturated heterocycles. The third kappa shape index (κ3) is 2.74. The van der Waals surface area contributed by atoms with Gasteiger partial charge < -0.3 is 5.73 Å². The van der Waals surface area contributed by atoms with Crippen molar-refractivity contribution in [3.63, 3.8) is 0 Å². The number of halogens is 1. The van der Waals surface area contributed by atoms with Gasteiger partial charge in [0.2, 0.25) is 0 Å². The highest BCUT2D eigenvalue weighted by molar-refractivity contribution is 7.98. The lowest BCUT2D eigenvalue weighted by Crippen LogP contribution is -1.88. The van der Waals surface area contributed by atoms with Crippen molar-refractivity contribution < 1.29 is 0 Å². The number of para-hydroxylation sites is 1. The molecule has 0 fully saturated rings. The molecule has 2 aromatic carbocycles. The highest BCUT2D eigenvalue weighted by atomic mass is 35.5. The third-order valence-corrected chi connectivity index (χ3v) is 4.63. The summed E-state index contributed by atoms with van der Waals surface area (Å²) in [4.78, 5) is 5.42. The lowest BCUT2D eigenvalue weighted by Gasteiger charge is -2.07. The predicted octanol–water partition coefficient (Wildman–Crippen LogP) is 4.76. The van der Waals surface area contributed by atoms with E-state index in [0.29, 0.717) is 10.7 Å². The second-order valence-corrected chi connectivity index (χ2v) is 5.89. The molecule has 0 atom stereocenters. The molecular formula is C16H13ClN2S. The van der Waals surface area contributed by atoms with E-state index in [1.165, 1.54) is 10.9 Å². The maximum absolute atomic E-state index is 6.20. The fraction of sp³-hybridized carbons (Fsp3) is 0.0625. The van der Waals surface area contributed by atoms with Gasteiger partial charge in [0.05, 0.1) is 10.5 Å². The van der Waals surface area contributed by atoms with Crippen LogP contribution in [0.5, 0.6) is 0 Å². The fourth-order valence-corrected chi connectivity index (χ4v) is 3.35. The Bertz CT molecular complexity index is 753. The molecule has 0 aliphatic heterocycles. The van der Waals surface area contributed by atoms with Crippen LogP contribution in [-0.4, -0.2) is 4.98 Å². The van der Waals surface area contributed by atoms with E-state index in [1.807, 2.05) is 36.5 Å². The number of anilines is 1. The molecule has 1 aromatic heterocycles. The van der Waals surface area contributed by atoms with Crippen LogP contribution in [0.1, 0.15) is 5.56 Å². The number of nitrogen functional groups attached to an aromatic ring is 1. The Labute approximate surface area is 127 Å². The standard InChI is InChI=1S/C16H13ClN2S/c17-14-9-12(18)5-6-16(14)20-10-11-7-8-19-15-4-2-1-3-13(11)15/h1-9H,10,18H2. The summed E-state index contributed by atoms with van der Waals surface area (Å²) >= 11 is 7.91. The number of benzene rings is 2. The summed E-state index contributed by atoms with van der Waals surface area (Å²) in [6.07, 6.45) is 1.85. The molecule has 0 spiro atoms. The minimum absolute atomic E-state index is 0.689. The van der Waals surface area contributed by atoms with Gasteiger partial charge in [0.25, 0.3) is 0 Å². The molecule has 1 heterocycles. The van der Waals surface area contributed by atoms with Crippen LogP contribution >= 0.6 is 23.4 Å². The van der Waals surface area contributed by atoms with Gasteiger partial charge in [-0.1, -0.05) is 29.8 Å². The van der Waals surface area contributed by atoms with Gasteiger partial charge in [0.15, 0.2) is 0 Å². The summed E-state index contributed by atoms with van der Waals surface area (Å²) < 4.78 is 0. The average molecular weight is 301 g/mol. The van der Waals surface area contributed by atoms with Crippen LogP contribution < -0.4 is 5.73 Å². The summed E-state index contributed by atoms with van der Waals surface area (Å²) in [5.41, 5.74) is 8.68. The van der Waals surface area contributed by atoms with Gasteiger partial charge in [-0.05, 0) is 35.9 Å². The molecule has 0 amide bonds. The molecule has 0 aliphatic rings. The van der Waals surface area contributed by atoms with E-state index in [4.69, 9.17) is 17.3 Å². The van der Waals surface area contributed by atoms with Crippen molar-refractivity contribution in [1.82, 2.24) is 4.98 Å². The van der Waals surface area contributed by atoms with Crippen LogP contribution in [-0.2, 0) is 5.75 Å². The zero-order valence-corrected chi connectivity index (χ0v) is 12.3. The smallest absolute Gasteiger partial charge is 0.0705 e. The van der Waals surface area contributed by atoms with Gasteiger partial charge in [-0.3, -0.25) is 4.98 Å². The van der Waals surface area contributed by atoms with Crippen molar-refractivity contribution >= 4 is 40.0 Å². The minimum atomic E-state index is 0.689. The number of aromatic nitrogens is 1. The van der Waals surface area contributed by atoms with Crippen LogP contribution in [0, 0.1) is 0 Å². The second-order valence-electron chi connectivity index (χ2n) is 4.47. The molecule has 0 saturated carbocycles. The van der Waals surface area contributed by atoms with E-state index in [2.05, 4.69) is 17.1 Å². The van der Waals surface area contributed by atoms with E-state index in [-0.39, 0.29) is 0 Å². The third-order valence-electron chi connectivity index (χ3n) is 3.08. The van der Waals surface area contributed by atoms with Crippen LogP contribution in [0.2, 0.25) is 5.02 Å². The Kier molecular flexibility index (Phi) is 3.81. The number of nitrogens with two attached hydrogens (primary N) is 1. The lowest BCUT2D eigenvalue weighted by molar-refractivity contribution is 1.34. The van der Waals surface area contributed by atoms with Crippen molar-refractivity contribution in [3.8, 4) is 0 Å². The first kappa shape index (κ1) is 13.3. The Morgan fingerprint density at radius 2 is 1.95 bits per heavy atom. The molecule has 3 rings (SSSR count). The first-order chi connectivity index (χ1) is 9.74. The number of pyridine rings is 1. The number of hydrogen-bond acceptors (Lipinski definition) is 3. The topological polar surface area (TPSA) is 38.9 Å². The van der Waals surface area contributed by atoms with Gasteiger partial charge in [-0.2, -0.15) is 0 Å². The fourth-order valence-electron chi connectivity index (χ4n) is 2.07. The molecule has 2 N–H and O–H groups in total. The molecule has 3 aromatic rings. The quantitative estimate of drug-likeness (QED) is 0.560. The normalized spacial score (nSPS) is 10.8. The minimum Gasteiger partial charge on any atom is -0.399 e. The number of nitrogens with zero attached hydrogens (tertiary/aromatic N) is 1. The number of hydrogen-bond donors (Lipinski definition) is 1. The second kappa shape index (κ2) is 5.73. The van der Waals surface area contributed by atoms with Crippen LogP contribution in [0.25, 0.3) is 10.9 Å². The highest BCUT2D eigenvalue weighted by Gasteiger charge is 2.05. The summed E-state index contributed by atoms with van der Waals surface area (Å²) in [7, 11) is 0. The van der Waals surface area contributed by atoms with E-state index in [1.54, 1.807) is 17.8 Å². The molecule has 0 bridgehead atoms. The number of thioether (sulfide) groups is 1.